The fraction of sp³-hybridized carbons (Fsp3) is 0.269. The molecule has 0 aliphatic heterocycles. The first kappa shape index (κ1) is 27.5. The van der Waals surface area contributed by atoms with E-state index in [1.807, 2.05) is 31.2 Å². The van der Waals surface area contributed by atoms with Crippen molar-refractivity contribution in [3.05, 3.63) is 78.1 Å². The van der Waals surface area contributed by atoms with Crippen LogP contribution in [0.5, 0.6) is 5.75 Å². The summed E-state index contributed by atoms with van der Waals surface area (Å²) in [5.41, 5.74) is 1.68. The van der Waals surface area contributed by atoms with Gasteiger partial charge in [-0.3, -0.25) is 9.59 Å². The number of ether oxygens (including phenoxy) is 2. The Morgan fingerprint density at radius 1 is 1.11 bits per heavy atom. The van der Waals surface area contributed by atoms with E-state index in [-0.39, 0.29) is 24.0 Å². The third-order valence-corrected chi connectivity index (χ3v) is 6.21. The molecule has 0 radical (unpaired) electrons. The number of hydrogen-bond donors (Lipinski definition) is 2. The molecule has 0 bridgehead atoms. The molecule has 1 atom stereocenters. The number of allylic oxidation sites excluding steroid dienone is 1. The first-order valence-electron chi connectivity index (χ1n) is 11.4. The molecule has 3 rings (SSSR count). The van der Waals surface area contributed by atoms with Gasteiger partial charge < -0.3 is 24.7 Å². The van der Waals surface area contributed by atoms with Gasteiger partial charge in [0.25, 0.3) is 0 Å². The van der Waals surface area contributed by atoms with E-state index < -0.39 is 12.0 Å². The van der Waals surface area contributed by atoms with Gasteiger partial charge in [-0.15, -0.1) is 16.8 Å². The molecule has 0 saturated heterocycles. The molecule has 11 heteroatoms. The fourth-order valence-corrected chi connectivity index (χ4v) is 4.24. The van der Waals surface area contributed by atoms with Crippen molar-refractivity contribution in [3.8, 4) is 5.75 Å². The number of benzene rings is 2. The van der Waals surface area contributed by atoms with Crippen LogP contribution in [0.4, 0.5) is 5.69 Å². The Hall–Kier alpha value is -4.12. The van der Waals surface area contributed by atoms with E-state index in [1.54, 1.807) is 42.0 Å². The largest absolute Gasteiger partial charge is 0.497 e. The van der Waals surface area contributed by atoms with E-state index in [9.17, 15) is 14.4 Å². The van der Waals surface area contributed by atoms with E-state index in [1.165, 1.54) is 18.9 Å². The Bertz CT molecular complexity index is 1260. The minimum Gasteiger partial charge on any atom is -0.497 e. The van der Waals surface area contributed by atoms with Gasteiger partial charge in [-0.1, -0.05) is 36.0 Å². The van der Waals surface area contributed by atoms with Crippen LogP contribution in [0.1, 0.15) is 34.7 Å². The molecule has 0 spiro atoms. The highest BCUT2D eigenvalue weighted by Gasteiger charge is 2.20. The Morgan fingerprint density at radius 3 is 2.54 bits per heavy atom. The van der Waals surface area contributed by atoms with Gasteiger partial charge in [0.1, 0.15) is 5.75 Å². The number of anilines is 1. The van der Waals surface area contributed by atoms with Gasteiger partial charge in [-0.25, -0.2) is 4.79 Å². The molecular weight excluding hydrogens is 494 g/mol. The lowest BCUT2D eigenvalue weighted by Gasteiger charge is -2.15. The maximum atomic E-state index is 12.6. The van der Waals surface area contributed by atoms with Crippen molar-refractivity contribution in [1.29, 1.82) is 0 Å². The third-order valence-electron chi connectivity index (χ3n) is 5.25. The molecule has 194 valence electrons. The number of hydrogen-bond acceptors (Lipinski definition) is 8. The van der Waals surface area contributed by atoms with Crippen LogP contribution < -0.4 is 15.4 Å². The fourth-order valence-electron chi connectivity index (χ4n) is 3.48. The van der Waals surface area contributed by atoms with Crippen LogP contribution in [0, 0.1) is 0 Å². The summed E-state index contributed by atoms with van der Waals surface area (Å²) in [6, 6.07) is 13.4. The van der Waals surface area contributed by atoms with Crippen LogP contribution in [-0.2, 0) is 27.3 Å². The monoisotopic (exact) mass is 523 g/mol. The minimum absolute atomic E-state index is 0.0654. The van der Waals surface area contributed by atoms with Gasteiger partial charge in [-0.05, 0) is 42.8 Å². The lowest BCUT2D eigenvalue weighted by atomic mass is 10.1. The highest BCUT2D eigenvalue weighted by Crippen LogP contribution is 2.22. The van der Waals surface area contributed by atoms with Crippen molar-refractivity contribution in [3.63, 3.8) is 0 Å². The Balaban J connectivity index is 1.60. The molecule has 2 aromatic carbocycles. The first-order valence-corrected chi connectivity index (χ1v) is 12.4. The van der Waals surface area contributed by atoms with Gasteiger partial charge >= 0.3 is 5.97 Å². The summed E-state index contributed by atoms with van der Waals surface area (Å²) in [6.45, 7) is 6.02. The summed E-state index contributed by atoms with van der Waals surface area (Å²) < 4.78 is 11.7. The average Bonchev–Trinajstić information content (AvgIpc) is 3.30. The number of esters is 1. The number of aromatic nitrogens is 3. The highest BCUT2D eigenvalue weighted by atomic mass is 32.2. The van der Waals surface area contributed by atoms with Crippen molar-refractivity contribution < 1.29 is 23.9 Å². The molecule has 0 unspecified atom stereocenters. The van der Waals surface area contributed by atoms with E-state index >= 15 is 0 Å². The predicted molar refractivity (Wildman–Crippen MR) is 141 cm³/mol. The number of methoxy groups -OCH3 is 2. The minimum atomic E-state index is -0.485. The van der Waals surface area contributed by atoms with E-state index in [0.29, 0.717) is 28.8 Å². The molecular formula is C26H29N5O5S. The summed E-state index contributed by atoms with van der Waals surface area (Å²) in [6.07, 6.45) is 1.91. The van der Waals surface area contributed by atoms with Crippen molar-refractivity contribution in [2.75, 3.05) is 25.3 Å². The maximum Gasteiger partial charge on any atom is 0.337 e. The van der Waals surface area contributed by atoms with Crippen molar-refractivity contribution in [1.82, 2.24) is 20.1 Å². The summed E-state index contributed by atoms with van der Waals surface area (Å²) in [5, 5.41) is 14.7. The molecule has 0 fully saturated rings. The number of nitrogens with one attached hydrogen (secondary N) is 2. The second-order valence-corrected chi connectivity index (χ2v) is 8.91. The van der Waals surface area contributed by atoms with Crippen LogP contribution in [0.15, 0.2) is 66.3 Å². The summed E-state index contributed by atoms with van der Waals surface area (Å²) in [5.74, 6) is 0.424. The lowest BCUT2D eigenvalue weighted by molar-refractivity contribution is -0.121. The van der Waals surface area contributed by atoms with Crippen LogP contribution >= 0.6 is 11.8 Å². The second kappa shape index (κ2) is 13.3. The summed E-state index contributed by atoms with van der Waals surface area (Å²) in [4.78, 5) is 36.8. The number of rotatable bonds is 12. The van der Waals surface area contributed by atoms with Crippen molar-refractivity contribution in [2.45, 2.75) is 31.1 Å². The van der Waals surface area contributed by atoms with Gasteiger partial charge in [0, 0.05) is 12.2 Å². The molecule has 3 aromatic rings. The predicted octanol–water partition coefficient (Wildman–Crippen LogP) is 3.41. The van der Waals surface area contributed by atoms with E-state index in [4.69, 9.17) is 9.47 Å². The molecule has 0 aliphatic carbocycles. The van der Waals surface area contributed by atoms with Crippen LogP contribution in [0.3, 0.4) is 0 Å². The Labute approximate surface area is 219 Å². The number of thioether (sulfide) groups is 1. The molecule has 1 aromatic heterocycles. The molecule has 2 N–H and O–H groups in total. The maximum absolute atomic E-state index is 12.6. The van der Waals surface area contributed by atoms with Gasteiger partial charge in [0.2, 0.25) is 11.8 Å². The quantitative estimate of drug-likeness (QED) is 0.210. The van der Waals surface area contributed by atoms with Gasteiger partial charge in [0.15, 0.2) is 11.0 Å². The smallest absolute Gasteiger partial charge is 0.337 e. The summed E-state index contributed by atoms with van der Waals surface area (Å²) in [7, 11) is 2.89. The lowest BCUT2D eigenvalue weighted by Crippen LogP contribution is -2.30. The SMILES string of the molecule is C=CCn1c(SCC(=O)Nc2cccc(C(=O)OC)c2)nnc1[C@@H](C)NC(=O)Cc1ccc(OC)cc1. The average molecular weight is 524 g/mol. The Morgan fingerprint density at radius 2 is 1.86 bits per heavy atom. The first-order chi connectivity index (χ1) is 17.8. The Kier molecular flexibility index (Phi) is 9.84. The molecule has 10 nitrogen and oxygen atoms in total. The van der Waals surface area contributed by atoms with Crippen molar-refractivity contribution in [2.24, 2.45) is 0 Å². The van der Waals surface area contributed by atoms with Gasteiger partial charge in [0.05, 0.1) is 38.0 Å². The van der Waals surface area contributed by atoms with E-state index in [2.05, 4.69) is 27.4 Å². The molecule has 0 saturated carbocycles. The third kappa shape index (κ3) is 7.68. The van der Waals surface area contributed by atoms with Crippen molar-refractivity contribution >= 4 is 35.2 Å². The van der Waals surface area contributed by atoms with Crippen LogP contribution in [-0.4, -0.2) is 52.5 Å². The number of nitrogens with zero attached hydrogens (tertiary/aromatic N) is 3. The molecule has 1 heterocycles. The van der Waals surface area contributed by atoms with Gasteiger partial charge in [-0.2, -0.15) is 0 Å². The molecule has 2 amide bonds. The second-order valence-electron chi connectivity index (χ2n) is 7.96. The molecule has 37 heavy (non-hydrogen) atoms. The topological polar surface area (TPSA) is 124 Å². The number of carbonyl (C=O) groups excluding carboxylic acids is 3. The van der Waals surface area contributed by atoms with Crippen LogP contribution in [0.25, 0.3) is 0 Å². The number of carbonyl (C=O) groups is 3. The number of amides is 2. The molecule has 0 aliphatic rings. The van der Waals surface area contributed by atoms with E-state index in [0.717, 1.165) is 11.3 Å². The normalized spacial score (nSPS) is 11.3. The highest BCUT2D eigenvalue weighted by molar-refractivity contribution is 7.99. The zero-order valence-corrected chi connectivity index (χ0v) is 21.7. The standard InChI is InChI=1S/C26H29N5O5S/c1-5-13-31-24(17(2)27-22(32)14-18-9-11-21(35-3)12-10-18)29-30-26(31)37-16-23(33)28-20-8-6-7-19(15-20)25(34)36-4/h5-12,15,17H,1,13-14,16H2,2-4H3,(H,27,32)(H,28,33)/t17-/m1/s1. The summed E-state index contributed by atoms with van der Waals surface area (Å²) >= 11 is 1.21. The zero-order valence-electron chi connectivity index (χ0n) is 20.9. The van der Waals surface area contributed by atoms with Crippen LogP contribution in [0.2, 0.25) is 0 Å². The zero-order chi connectivity index (χ0) is 26.8.